The Morgan fingerprint density at radius 2 is 2.09 bits per heavy atom. The van der Waals surface area contributed by atoms with Crippen LogP contribution in [0, 0.1) is 0 Å². The van der Waals surface area contributed by atoms with E-state index in [9.17, 15) is 0 Å². The number of hydrogen-bond acceptors (Lipinski definition) is 4. The molecule has 0 atom stereocenters. The summed E-state index contributed by atoms with van der Waals surface area (Å²) in [5.74, 6) is 1.56. The fourth-order valence-corrected chi connectivity index (χ4v) is 2.56. The largest absolute Gasteiger partial charge is 0.490 e. The predicted octanol–water partition coefficient (Wildman–Crippen LogP) is 4.19. The summed E-state index contributed by atoms with van der Waals surface area (Å²) >= 11 is 3.56. The van der Waals surface area contributed by atoms with Gasteiger partial charge in [-0.1, -0.05) is 12.1 Å². The van der Waals surface area contributed by atoms with Crippen LogP contribution in [0.2, 0.25) is 0 Å². The van der Waals surface area contributed by atoms with Gasteiger partial charge in [-0.05, 0) is 66.5 Å². The molecule has 0 fully saturated rings. The third-order valence-corrected chi connectivity index (χ3v) is 3.69. The van der Waals surface area contributed by atoms with Crippen molar-refractivity contribution in [1.82, 2.24) is 10.3 Å². The summed E-state index contributed by atoms with van der Waals surface area (Å²) in [5, 5.41) is 3.41. The smallest absolute Gasteiger partial charge is 0.213 e. The van der Waals surface area contributed by atoms with Gasteiger partial charge in [-0.2, -0.15) is 0 Å². The van der Waals surface area contributed by atoms with Crippen molar-refractivity contribution in [1.29, 1.82) is 0 Å². The predicted molar refractivity (Wildman–Crippen MR) is 96.0 cm³/mol. The van der Waals surface area contributed by atoms with Crippen molar-refractivity contribution in [2.24, 2.45) is 0 Å². The van der Waals surface area contributed by atoms with E-state index in [-0.39, 0.29) is 6.10 Å². The highest BCUT2D eigenvalue weighted by Crippen LogP contribution is 2.26. The lowest BCUT2D eigenvalue weighted by Crippen LogP contribution is -2.17. The Labute approximate surface area is 146 Å². The fraction of sp³-hybridized carbons (Fsp3) is 0.389. The third-order valence-electron chi connectivity index (χ3n) is 3.07. The zero-order valence-electron chi connectivity index (χ0n) is 13.6. The third kappa shape index (κ3) is 6.59. The van der Waals surface area contributed by atoms with Crippen LogP contribution in [-0.2, 0) is 6.54 Å². The van der Waals surface area contributed by atoms with Crippen LogP contribution in [0.25, 0.3) is 0 Å². The zero-order chi connectivity index (χ0) is 16.5. The number of halogens is 1. The van der Waals surface area contributed by atoms with Crippen LogP contribution in [0.15, 0.2) is 47.1 Å². The molecule has 0 spiro atoms. The highest BCUT2D eigenvalue weighted by molar-refractivity contribution is 9.10. The fourth-order valence-electron chi connectivity index (χ4n) is 2.04. The molecule has 1 aromatic heterocycles. The number of hydrogen-bond donors (Lipinski definition) is 1. The summed E-state index contributed by atoms with van der Waals surface area (Å²) in [4.78, 5) is 4.12. The van der Waals surface area contributed by atoms with Crippen molar-refractivity contribution in [3.05, 3.63) is 52.6 Å². The molecule has 0 radical (unpaired) electrons. The van der Waals surface area contributed by atoms with Gasteiger partial charge in [0.15, 0.2) is 0 Å². The maximum Gasteiger partial charge on any atom is 0.213 e. The van der Waals surface area contributed by atoms with E-state index in [4.69, 9.17) is 9.47 Å². The second kappa shape index (κ2) is 9.53. The van der Waals surface area contributed by atoms with E-state index >= 15 is 0 Å². The molecule has 0 saturated carbocycles. The Kier molecular flexibility index (Phi) is 7.36. The van der Waals surface area contributed by atoms with E-state index in [2.05, 4.69) is 38.4 Å². The van der Waals surface area contributed by atoms with Crippen LogP contribution in [0.4, 0.5) is 0 Å². The van der Waals surface area contributed by atoms with Crippen molar-refractivity contribution in [2.75, 3.05) is 13.2 Å². The maximum atomic E-state index is 5.71. The van der Waals surface area contributed by atoms with E-state index in [0.29, 0.717) is 12.5 Å². The van der Waals surface area contributed by atoms with Gasteiger partial charge >= 0.3 is 0 Å². The van der Waals surface area contributed by atoms with Crippen molar-refractivity contribution >= 4 is 15.9 Å². The minimum absolute atomic E-state index is 0.175. The molecule has 0 amide bonds. The Hall–Kier alpha value is -1.59. The molecular weight excluding hydrogens is 356 g/mol. The summed E-state index contributed by atoms with van der Waals surface area (Å²) < 4.78 is 12.3. The van der Waals surface area contributed by atoms with Gasteiger partial charge in [-0.3, -0.25) is 0 Å². The van der Waals surface area contributed by atoms with Gasteiger partial charge in [0.05, 0.1) is 17.2 Å². The minimum Gasteiger partial charge on any atom is -0.490 e. The Balaban J connectivity index is 1.65. The van der Waals surface area contributed by atoms with Gasteiger partial charge in [0.2, 0.25) is 5.88 Å². The lowest BCUT2D eigenvalue weighted by atomic mass is 10.2. The zero-order valence-corrected chi connectivity index (χ0v) is 15.2. The second-order valence-corrected chi connectivity index (χ2v) is 6.33. The highest BCUT2D eigenvalue weighted by atomic mass is 79.9. The SMILES string of the molecule is CC(C)Oc1ccc(CNCCCOc2ccccn2)cc1Br. The molecule has 124 valence electrons. The summed E-state index contributed by atoms with van der Waals surface area (Å²) in [6.07, 6.45) is 2.85. The van der Waals surface area contributed by atoms with Crippen molar-refractivity contribution in [2.45, 2.75) is 32.9 Å². The number of pyridine rings is 1. The number of nitrogens with zero attached hydrogens (tertiary/aromatic N) is 1. The van der Waals surface area contributed by atoms with Crippen molar-refractivity contribution in [3.8, 4) is 11.6 Å². The van der Waals surface area contributed by atoms with Gasteiger partial charge in [0.1, 0.15) is 5.75 Å². The van der Waals surface area contributed by atoms with Gasteiger partial charge in [0, 0.05) is 18.8 Å². The molecule has 2 rings (SSSR count). The average molecular weight is 379 g/mol. The first-order chi connectivity index (χ1) is 11.1. The topological polar surface area (TPSA) is 43.4 Å². The summed E-state index contributed by atoms with van der Waals surface area (Å²) in [5.41, 5.74) is 1.22. The molecule has 0 aliphatic heterocycles. The highest BCUT2D eigenvalue weighted by Gasteiger charge is 2.04. The lowest BCUT2D eigenvalue weighted by molar-refractivity contribution is 0.241. The molecule has 1 aromatic carbocycles. The number of aromatic nitrogens is 1. The van der Waals surface area contributed by atoms with E-state index in [1.165, 1.54) is 5.56 Å². The Morgan fingerprint density at radius 1 is 1.22 bits per heavy atom. The van der Waals surface area contributed by atoms with Crippen LogP contribution >= 0.6 is 15.9 Å². The van der Waals surface area contributed by atoms with E-state index < -0.39 is 0 Å². The summed E-state index contributed by atoms with van der Waals surface area (Å²) in [7, 11) is 0. The van der Waals surface area contributed by atoms with E-state index in [1.807, 2.05) is 38.1 Å². The molecule has 2 aromatic rings. The normalized spacial score (nSPS) is 10.8. The molecule has 5 heteroatoms. The first kappa shape index (κ1) is 17.8. The first-order valence-corrected chi connectivity index (χ1v) is 8.64. The minimum atomic E-state index is 0.175. The monoisotopic (exact) mass is 378 g/mol. The Bertz CT molecular complexity index is 591. The molecule has 1 N–H and O–H groups in total. The van der Waals surface area contributed by atoms with Gasteiger partial charge in [-0.25, -0.2) is 4.98 Å². The Morgan fingerprint density at radius 3 is 2.78 bits per heavy atom. The summed E-state index contributed by atoms with van der Waals surface area (Å²) in [6.45, 7) is 6.43. The van der Waals surface area contributed by atoms with Crippen LogP contribution in [-0.4, -0.2) is 24.2 Å². The molecule has 0 aliphatic rings. The van der Waals surface area contributed by atoms with Crippen molar-refractivity contribution < 1.29 is 9.47 Å². The quantitative estimate of drug-likeness (QED) is 0.664. The molecule has 0 bridgehead atoms. The number of ether oxygens (including phenoxy) is 2. The van der Waals surface area contributed by atoms with Crippen LogP contribution in [0.1, 0.15) is 25.8 Å². The van der Waals surface area contributed by atoms with E-state index in [1.54, 1.807) is 6.20 Å². The molecule has 1 heterocycles. The number of rotatable bonds is 9. The van der Waals surface area contributed by atoms with Crippen LogP contribution in [0.3, 0.4) is 0 Å². The second-order valence-electron chi connectivity index (χ2n) is 5.48. The molecule has 0 aliphatic carbocycles. The van der Waals surface area contributed by atoms with E-state index in [0.717, 1.165) is 29.7 Å². The molecule has 4 nitrogen and oxygen atoms in total. The maximum absolute atomic E-state index is 5.71. The average Bonchev–Trinajstić information content (AvgIpc) is 2.54. The van der Waals surface area contributed by atoms with Gasteiger partial charge in [0.25, 0.3) is 0 Å². The molecule has 23 heavy (non-hydrogen) atoms. The first-order valence-electron chi connectivity index (χ1n) is 7.85. The van der Waals surface area contributed by atoms with Crippen LogP contribution in [0.5, 0.6) is 11.6 Å². The number of benzene rings is 1. The summed E-state index contributed by atoms with van der Waals surface area (Å²) in [6, 6.07) is 11.8. The molecular formula is C18H23BrN2O2. The molecule has 0 saturated heterocycles. The van der Waals surface area contributed by atoms with Gasteiger partial charge in [-0.15, -0.1) is 0 Å². The van der Waals surface area contributed by atoms with Gasteiger partial charge < -0.3 is 14.8 Å². The molecule has 0 unspecified atom stereocenters. The number of nitrogens with one attached hydrogen (secondary N) is 1. The lowest BCUT2D eigenvalue weighted by Gasteiger charge is -2.13. The standard InChI is InChI=1S/C18H23BrN2O2/c1-14(2)23-17-8-7-15(12-16(17)19)13-20-9-5-11-22-18-6-3-4-10-21-18/h3-4,6-8,10,12,14,20H,5,9,11,13H2,1-2H3. The van der Waals surface area contributed by atoms with Crippen molar-refractivity contribution in [3.63, 3.8) is 0 Å². The van der Waals surface area contributed by atoms with Crippen LogP contribution < -0.4 is 14.8 Å².